The zero-order valence-corrected chi connectivity index (χ0v) is 38.4. The average molecular weight is 1020 g/mol. The predicted octanol–water partition coefficient (Wildman–Crippen LogP) is 3.32. The Kier molecular flexibility index (Phi) is 14.1. The van der Waals surface area contributed by atoms with Crippen molar-refractivity contribution in [2.24, 2.45) is 0 Å². The van der Waals surface area contributed by atoms with Gasteiger partial charge in [-0.2, -0.15) is 0 Å². The van der Waals surface area contributed by atoms with Crippen LogP contribution in [-0.2, 0) is 29.2 Å². The van der Waals surface area contributed by atoms with Gasteiger partial charge in [0.15, 0.2) is 11.5 Å². The molecule has 258 valence electrons. The van der Waals surface area contributed by atoms with Crippen molar-refractivity contribution in [2.45, 2.75) is 0 Å². The molecule has 0 aliphatic rings. The van der Waals surface area contributed by atoms with Crippen LogP contribution in [0.25, 0.3) is 56.3 Å². The van der Waals surface area contributed by atoms with E-state index >= 15 is 0 Å². The minimum atomic E-state index is -5.57. The van der Waals surface area contributed by atoms with Crippen molar-refractivity contribution < 1.29 is 112 Å². The summed E-state index contributed by atoms with van der Waals surface area (Å²) < 4.78 is 93.9. The van der Waals surface area contributed by atoms with Crippen LogP contribution in [0.3, 0.4) is 0 Å². The topological polar surface area (TPSA) is 200 Å². The van der Waals surface area contributed by atoms with Crippen molar-refractivity contribution in [1.82, 2.24) is 0 Å². The number of benzene rings is 4. The van der Waals surface area contributed by atoms with Gasteiger partial charge in [0.05, 0.1) is 30.4 Å². The van der Waals surface area contributed by atoms with Gasteiger partial charge in [0.1, 0.15) is 22.7 Å². The number of aromatic hydroxyl groups is 2. The van der Waals surface area contributed by atoms with E-state index in [1.807, 2.05) is 0 Å². The first-order chi connectivity index (χ1) is 23.5. The van der Waals surface area contributed by atoms with Crippen molar-refractivity contribution in [2.75, 3.05) is 0 Å². The summed E-state index contributed by atoms with van der Waals surface area (Å²) in [6.07, 6.45) is 4.89. The summed E-state index contributed by atoms with van der Waals surface area (Å²) in [5, 5.41) is 20.8. The molecular weight excluding hydrogens is 1010 g/mol. The van der Waals surface area contributed by atoms with Crippen LogP contribution in [-0.4, -0.2) is 36.2 Å². The van der Waals surface area contributed by atoms with Gasteiger partial charge in [-0.05, 0) is 147 Å². The summed E-state index contributed by atoms with van der Waals surface area (Å²) in [6.45, 7) is 0. The van der Waals surface area contributed by atoms with E-state index in [2.05, 4.69) is 72.1 Å². The Morgan fingerprint density at radius 3 is 1.29 bits per heavy atom. The first-order valence-electron chi connectivity index (χ1n) is 13.6. The Bertz CT molecular complexity index is 2460. The molecule has 2 aromatic heterocycles. The molecule has 20 heteroatoms. The maximum Gasteiger partial charge on any atom is 1.00 e. The second kappa shape index (κ2) is 17.0. The molecule has 0 unspecified atom stereocenters. The van der Waals surface area contributed by atoms with Gasteiger partial charge in [0.25, 0.3) is 20.8 Å². The summed E-state index contributed by atoms with van der Waals surface area (Å²) in [7, 11) is -11.1. The quantitative estimate of drug-likeness (QED) is 0.0706. The predicted molar refractivity (Wildman–Crippen MR) is 195 cm³/mol. The minimum absolute atomic E-state index is 0. The third-order valence-corrected chi connectivity index (χ3v) is 10.3. The molecular formula is C32H16Br4Na2O12S2. The Labute approximate surface area is 373 Å². The van der Waals surface area contributed by atoms with Crippen molar-refractivity contribution in [3.63, 3.8) is 0 Å². The van der Waals surface area contributed by atoms with Gasteiger partial charge in [-0.3, -0.25) is 0 Å². The smallest absolute Gasteiger partial charge is 0.716 e. The van der Waals surface area contributed by atoms with Crippen LogP contribution >= 0.6 is 63.7 Å². The molecule has 6 aromatic rings. The second-order valence-corrected chi connectivity index (χ2v) is 15.8. The maximum atomic E-state index is 11.9. The number of rotatable bonds is 9. The van der Waals surface area contributed by atoms with Crippen molar-refractivity contribution in [3.05, 3.63) is 114 Å². The number of phenolic OH excluding ortho intramolecular Hbond substituents is 2. The van der Waals surface area contributed by atoms with Gasteiger partial charge >= 0.3 is 59.1 Å². The SMILES string of the molecule is O=S(=O)([O-])OC(=C\c1cc(Br)c2occ(-c3ccc(O)c(Br)c3)c2c1)/C(=C/c1cc(Br)c2occ(-c3ccc(O)c(Br)c3)c2c1)OS(=O)(=O)[O-].[Na+].[Na+]. The fourth-order valence-electron chi connectivity index (χ4n) is 4.99. The molecule has 0 spiro atoms. The molecule has 0 aliphatic heterocycles. The maximum absolute atomic E-state index is 11.9. The molecule has 0 aliphatic carbocycles. The largest absolute Gasteiger partial charge is 1.00 e. The van der Waals surface area contributed by atoms with Crippen LogP contribution in [0.1, 0.15) is 11.1 Å². The molecule has 2 N–H and O–H groups in total. The molecule has 2 heterocycles. The van der Waals surface area contributed by atoms with Gasteiger partial charge in [-0.1, -0.05) is 12.1 Å². The minimum Gasteiger partial charge on any atom is -0.716 e. The first-order valence-corrected chi connectivity index (χ1v) is 19.4. The molecule has 0 saturated carbocycles. The third kappa shape index (κ3) is 9.97. The van der Waals surface area contributed by atoms with Gasteiger partial charge in [0.2, 0.25) is 0 Å². The normalized spacial score (nSPS) is 12.4. The van der Waals surface area contributed by atoms with E-state index in [4.69, 9.17) is 8.83 Å². The molecule has 12 nitrogen and oxygen atoms in total. The van der Waals surface area contributed by atoms with E-state index in [1.165, 1.54) is 48.9 Å². The molecule has 0 radical (unpaired) electrons. The third-order valence-electron chi connectivity index (χ3n) is 7.04. The molecule has 0 saturated heterocycles. The molecule has 0 bridgehead atoms. The van der Waals surface area contributed by atoms with Gasteiger partial charge in [-0.25, -0.2) is 16.8 Å². The molecule has 52 heavy (non-hydrogen) atoms. The summed E-state index contributed by atoms with van der Waals surface area (Å²) in [4.78, 5) is 0. The van der Waals surface area contributed by atoms with E-state index < -0.39 is 32.3 Å². The molecule has 4 aromatic carbocycles. The van der Waals surface area contributed by atoms with E-state index in [0.29, 0.717) is 62.1 Å². The first kappa shape index (κ1) is 43.1. The van der Waals surface area contributed by atoms with E-state index in [9.17, 15) is 36.2 Å². The van der Waals surface area contributed by atoms with E-state index in [-0.39, 0.29) is 81.7 Å². The zero-order valence-electron chi connectivity index (χ0n) is 26.4. The number of fused-ring (bicyclic) bond motifs is 2. The monoisotopic (exact) mass is 1020 g/mol. The molecule has 6 rings (SSSR count). The number of halogens is 4. The number of hydrogen-bond acceptors (Lipinski definition) is 12. The Balaban J connectivity index is 0.00000302. The van der Waals surface area contributed by atoms with Crippen molar-refractivity contribution in [3.8, 4) is 33.8 Å². The van der Waals surface area contributed by atoms with Crippen LogP contribution in [0.2, 0.25) is 0 Å². The summed E-state index contributed by atoms with van der Waals surface area (Å²) in [6, 6.07) is 15.5. The van der Waals surface area contributed by atoms with Crippen LogP contribution in [0.4, 0.5) is 0 Å². The second-order valence-electron chi connectivity index (χ2n) is 10.4. The van der Waals surface area contributed by atoms with E-state index in [1.54, 1.807) is 24.3 Å². The van der Waals surface area contributed by atoms with Crippen LogP contribution in [0, 0.1) is 0 Å². The number of hydrogen-bond donors (Lipinski definition) is 2. The molecule has 0 fully saturated rings. The average Bonchev–Trinajstić information content (AvgIpc) is 3.63. The fourth-order valence-corrected chi connectivity index (χ4v) is 7.59. The standard InChI is InChI=1S/C32H18Br4O12S2.2Na/c33-23-11-17(1-3-27(23)37)21-13-45-31-19(21)5-15(7-25(31)35)9-29(47-49(39,40)41)30(48-50(42,43)44)10-16-6-20-22(14-46-32(20)26(36)8-16)18-2-4-28(38)24(34)12-18;;/h1-14,37-38H,(H,39,40,41)(H,42,43,44);;/q;2*+1/p-2/b29-9-,30-10-;;. The van der Waals surface area contributed by atoms with Gasteiger partial charge < -0.3 is 36.5 Å². The van der Waals surface area contributed by atoms with Gasteiger partial charge in [-0.15, -0.1) is 0 Å². The Morgan fingerprint density at radius 2 is 0.962 bits per heavy atom. The molecule has 0 amide bonds. The molecule has 0 atom stereocenters. The van der Waals surface area contributed by atoms with Crippen LogP contribution in [0.5, 0.6) is 11.5 Å². The van der Waals surface area contributed by atoms with Crippen LogP contribution < -0.4 is 59.1 Å². The Morgan fingerprint density at radius 1 is 0.596 bits per heavy atom. The fraction of sp³-hybridized carbons (Fsp3) is 0. The summed E-state index contributed by atoms with van der Waals surface area (Å²) in [5.41, 5.74) is 3.44. The summed E-state index contributed by atoms with van der Waals surface area (Å²) >= 11 is 13.3. The summed E-state index contributed by atoms with van der Waals surface area (Å²) in [5.74, 6) is -1.87. The van der Waals surface area contributed by atoms with Crippen LogP contribution in [0.15, 0.2) is 111 Å². The van der Waals surface area contributed by atoms with Crippen molar-refractivity contribution in [1.29, 1.82) is 0 Å². The van der Waals surface area contributed by atoms with Gasteiger partial charge in [0, 0.05) is 21.9 Å². The Hall–Kier alpha value is -1.62. The zero-order chi connectivity index (χ0) is 36.1. The van der Waals surface area contributed by atoms with E-state index in [0.717, 1.165) is 12.2 Å². The van der Waals surface area contributed by atoms with Crippen molar-refractivity contribution >= 4 is 119 Å². The number of furan rings is 2. The number of phenols is 2.